The number of benzene rings is 1. The molecule has 0 fully saturated rings. The van der Waals surface area contributed by atoms with Crippen molar-refractivity contribution < 1.29 is 0 Å². The summed E-state index contributed by atoms with van der Waals surface area (Å²) in [6.45, 7) is 0.660. The maximum atomic E-state index is 4.04. The zero-order chi connectivity index (χ0) is 8.23. The standard InChI is InChI=1S/C9H9N3/c1-2-4-9(5-3-1)12-7-10-6-11-8-12/h1-7H,8H2. The molecular formula is C9H9N3. The smallest absolute Gasteiger partial charge is 0.117 e. The third-order valence-corrected chi connectivity index (χ3v) is 1.68. The predicted molar refractivity (Wildman–Crippen MR) is 50.8 cm³/mol. The molecule has 0 N–H and O–H groups in total. The Kier molecular flexibility index (Phi) is 1.86. The third-order valence-electron chi connectivity index (χ3n) is 1.68. The van der Waals surface area contributed by atoms with Crippen LogP contribution in [0.25, 0.3) is 0 Å². The van der Waals surface area contributed by atoms with E-state index in [1.165, 1.54) is 0 Å². The molecule has 0 aromatic heterocycles. The van der Waals surface area contributed by atoms with Gasteiger partial charge in [0.25, 0.3) is 0 Å². The molecule has 0 radical (unpaired) electrons. The van der Waals surface area contributed by atoms with E-state index in [1.54, 1.807) is 12.7 Å². The van der Waals surface area contributed by atoms with Gasteiger partial charge in [0.05, 0.1) is 6.34 Å². The highest BCUT2D eigenvalue weighted by Gasteiger charge is 2.02. The molecule has 1 heterocycles. The number of rotatable bonds is 1. The Morgan fingerprint density at radius 1 is 1.17 bits per heavy atom. The van der Waals surface area contributed by atoms with Crippen molar-refractivity contribution in [1.82, 2.24) is 0 Å². The molecule has 2 rings (SSSR count). The van der Waals surface area contributed by atoms with Gasteiger partial charge >= 0.3 is 0 Å². The lowest BCUT2D eigenvalue weighted by molar-refractivity contribution is 1.01. The highest BCUT2D eigenvalue weighted by Crippen LogP contribution is 2.11. The molecule has 0 amide bonds. The van der Waals surface area contributed by atoms with Gasteiger partial charge in [-0.3, -0.25) is 4.99 Å². The van der Waals surface area contributed by atoms with Crippen LogP contribution in [-0.4, -0.2) is 19.3 Å². The van der Waals surface area contributed by atoms with Crippen LogP contribution in [0.15, 0.2) is 40.3 Å². The average Bonchev–Trinajstić information content (AvgIpc) is 2.21. The van der Waals surface area contributed by atoms with Gasteiger partial charge in [-0.25, -0.2) is 4.99 Å². The van der Waals surface area contributed by atoms with E-state index in [1.807, 2.05) is 35.2 Å². The maximum absolute atomic E-state index is 4.04. The summed E-state index contributed by atoms with van der Waals surface area (Å²) in [7, 11) is 0. The summed E-state index contributed by atoms with van der Waals surface area (Å²) in [5.41, 5.74) is 1.12. The molecule has 1 aromatic carbocycles. The van der Waals surface area contributed by atoms with Crippen LogP contribution in [0.4, 0.5) is 5.69 Å². The van der Waals surface area contributed by atoms with E-state index in [4.69, 9.17) is 0 Å². The fourth-order valence-corrected chi connectivity index (χ4v) is 1.09. The lowest BCUT2D eigenvalue weighted by Crippen LogP contribution is -2.23. The van der Waals surface area contributed by atoms with Crippen molar-refractivity contribution in [1.29, 1.82) is 0 Å². The molecule has 3 heteroatoms. The van der Waals surface area contributed by atoms with Crippen molar-refractivity contribution >= 4 is 18.4 Å². The average molecular weight is 159 g/mol. The van der Waals surface area contributed by atoms with Crippen LogP contribution < -0.4 is 4.90 Å². The molecule has 0 atom stereocenters. The summed E-state index contributed by atoms with van der Waals surface area (Å²) in [6, 6.07) is 10.1. The van der Waals surface area contributed by atoms with Gasteiger partial charge in [-0.15, -0.1) is 0 Å². The highest BCUT2D eigenvalue weighted by atomic mass is 15.2. The van der Waals surface area contributed by atoms with Crippen LogP contribution in [-0.2, 0) is 0 Å². The van der Waals surface area contributed by atoms with E-state index in [0.717, 1.165) is 5.69 Å². The molecule has 12 heavy (non-hydrogen) atoms. The fraction of sp³-hybridized carbons (Fsp3) is 0.111. The molecule has 0 unspecified atom stereocenters. The van der Waals surface area contributed by atoms with E-state index in [-0.39, 0.29) is 0 Å². The Bertz CT molecular complexity index is 303. The van der Waals surface area contributed by atoms with Gasteiger partial charge in [-0.05, 0) is 12.1 Å². The second kappa shape index (κ2) is 3.17. The van der Waals surface area contributed by atoms with E-state index in [9.17, 15) is 0 Å². The van der Waals surface area contributed by atoms with Crippen molar-refractivity contribution in [3.05, 3.63) is 30.3 Å². The second-order valence-electron chi connectivity index (χ2n) is 2.51. The summed E-state index contributed by atoms with van der Waals surface area (Å²) in [6.07, 6.45) is 3.35. The number of para-hydroxylation sites is 1. The molecule has 3 nitrogen and oxygen atoms in total. The SMILES string of the molecule is C1=NC=NCN1c1ccccc1. The maximum Gasteiger partial charge on any atom is 0.117 e. The van der Waals surface area contributed by atoms with E-state index in [0.29, 0.717) is 6.67 Å². The van der Waals surface area contributed by atoms with Crippen molar-refractivity contribution in [2.75, 3.05) is 11.6 Å². The lowest BCUT2D eigenvalue weighted by Gasteiger charge is -2.18. The quantitative estimate of drug-likeness (QED) is 0.610. The molecule has 0 spiro atoms. The van der Waals surface area contributed by atoms with Crippen molar-refractivity contribution in [2.24, 2.45) is 9.98 Å². The number of anilines is 1. The number of nitrogens with zero attached hydrogens (tertiary/aromatic N) is 3. The fourth-order valence-electron chi connectivity index (χ4n) is 1.09. The first-order chi connectivity index (χ1) is 5.97. The molecule has 0 saturated heterocycles. The van der Waals surface area contributed by atoms with Gasteiger partial charge in [0.15, 0.2) is 0 Å². The summed E-state index contributed by atoms with van der Waals surface area (Å²) in [5, 5.41) is 0. The van der Waals surface area contributed by atoms with Crippen LogP contribution in [0.5, 0.6) is 0 Å². The Hall–Kier alpha value is -1.64. The van der Waals surface area contributed by atoms with Gasteiger partial charge in [0, 0.05) is 5.69 Å². The summed E-state index contributed by atoms with van der Waals surface area (Å²) in [4.78, 5) is 9.97. The van der Waals surface area contributed by atoms with Crippen LogP contribution >= 0.6 is 0 Å². The first-order valence-electron chi connectivity index (χ1n) is 3.80. The second-order valence-corrected chi connectivity index (χ2v) is 2.51. The molecule has 60 valence electrons. The number of aliphatic imine (C=N–C) groups is 2. The van der Waals surface area contributed by atoms with Gasteiger partial charge in [0.1, 0.15) is 13.0 Å². The Morgan fingerprint density at radius 3 is 2.67 bits per heavy atom. The van der Waals surface area contributed by atoms with Gasteiger partial charge in [0.2, 0.25) is 0 Å². The first-order valence-corrected chi connectivity index (χ1v) is 3.80. The normalized spacial score (nSPS) is 15.2. The third kappa shape index (κ3) is 1.34. The molecule has 0 aliphatic carbocycles. The Balaban J connectivity index is 2.21. The van der Waals surface area contributed by atoms with Crippen LogP contribution in [0, 0.1) is 0 Å². The van der Waals surface area contributed by atoms with Gasteiger partial charge < -0.3 is 4.90 Å². The minimum atomic E-state index is 0.660. The first kappa shape index (κ1) is 7.03. The van der Waals surface area contributed by atoms with Crippen molar-refractivity contribution in [2.45, 2.75) is 0 Å². The minimum Gasteiger partial charge on any atom is -0.312 e. The van der Waals surface area contributed by atoms with Crippen LogP contribution in [0.1, 0.15) is 0 Å². The lowest BCUT2D eigenvalue weighted by atomic mass is 10.3. The van der Waals surface area contributed by atoms with E-state index < -0.39 is 0 Å². The van der Waals surface area contributed by atoms with Crippen molar-refractivity contribution in [3.8, 4) is 0 Å². The molecule has 1 aliphatic rings. The summed E-state index contributed by atoms with van der Waals surface area (Å²) >= 11 is 0. The Labute approximate surface area is 71.1 Å². The Morgan fingerprint density at radius 2 is 2.00 bits per heavy atom. The molecule has 0 saturated carbocycles. The van der Waals surface area contributed by atoms with E-state index in [2.05, 4.69) is 9.98 Å². The molecule has 1 aromatic rings. The van der Waals surface area contributed by atoms with Crippen LogP contribution in [0.3, 0.4) is 0 Å². The monoisotopic (exact) mass is 159 g/mol. The minimum absolute atomic E-state index is 0.660. The van der Waals surface area contributed by atoms with E-state index >= 15 is 0 Å². The van der Waals surface area contributed by atoms with Gasteiger partial charge in [-0.1, -0.05) is 18.2 Å². The predicted octanol–water partition coefficient (Wildman–Crippen LogP) is 1.52. The highest BCUT2D eigenvalue weighted by molar-refractivity contribution is 5.86. The summed E-state index contributed by atoms with van der Waals surface area (Å²) < 4.78 is 0. The number of hydrogen-bond donors (Lipinski definition) is 0. The molecule has 1 aliphatic heterocycles. The zero-order valence-corrected chi connectivity index (χ0v) is 6.59. The van der Waals surface area contributed by atoms with Crippen LogP contribution in [0.2, 0.25) is 0 Å². The zero-order valence-electron chi connectivity index (χ0n) is 6.59. The topological polar surface area (TPSA) is 28.0 Å². The molecule has 0 bridgehead atoms. The number of hydrogen-bond acceptors (Lipinski definition) is 3. The summed E-state index contributed by atoms with van der Waals surface area (Å²) in [5.74, 6) is 0. The van der Waals surface area contributed by atoms with Crippen molar-refractivity contribution in [3.63, 3.8) is 0 Å². The van der Waals surface area contributed by atoms with Gasteiger partial charge in [-0.2, -0.15) is 0 Å². The molecular weight excluding hydrogens is 150 g/mol. The largest absolute Gasteiger partial charge is 0.312 e.